The summed E-state index contributed by atoms with van der Waals surface area (Å²) >= 11 is 6.41. The van der Waals surface area contributed by atoms with E-state index in [2.05, 4.69) is 5.32 Å². The van der Waals surface area contributed by atoms with Crippen molar-refractivity contribution in [1.82, 2.24) is 14.7 Å². The number of nitrogens with one attached hydrogen (secondary N) is 1. The number of nitrogens with zero attached hydrogens (tertiary/aromatic N) is 3. The number of halogens is 1. The lowest BCUT2D eigenvalue weighted by Gasteiger charge is -2.24. The molecule has 6 nitrogen and oxygen atoms in total. The number of amides is 2. The van der Waals surface area contributed by atoms with Crippen LogP contribution >= 0.6 is 11.6 Å². The van der Waals surface area contributed by atoms with Crippen LogP contribution in [-0.2, 0) is 9.59 Å². The van der Waals surface area contributed by atoms with Crippen LogP contribution in [0.25, 0.3) is 16.9 Å². The van der Waals surface area contributed by atoms with E-state index in [-0.39, 0.29) is 24.3 Å². The van der Waals surface area contributed by atoms with Gasteiger partial charge in [-0.15, -0.1) is 0 Å². The maximum Gasteiger partial charge on any atom is 0.245 e. The zero-order valence-electron chi connectivity index (χ0n) is 18.7. The predicted octanol–water partition coefficient (Wildman–Crippen LogP) is 5.42. The lowest BCUT2D eigenvalue weighted by atomic mass is 10.1. The number of hydrogen-bond acceptors (Lipinski definition) is 3. The number of para-hydroxylation sites is 1. The van der Waals surface area contributed by atoms with Crippen molar-refractivity contribution >= 4 is 29.2 Å². The fraction of sp³-hybridized carbons (Fsp3) is 0.320. The van der Waals surface area contributed by atoms with Gasteiger partial charge in [0.1, 0.15) is 5.82 Å². The zero-order valence-corrected chi connectivity index (χ0v) is 19.5. The summed E-state index contributed by atoms with van der Waals surface area (Å²) in [6, 6.07) is 18.9. The molecule has 1 N–H and O–H groups in total. The van der Waals surface area contributed by atoms with Crippen molar-refractivity contribution in [3.8, 4) is 16.9 Å². The number of carbonyl (C=O) groups is 2. The van der Waals surface area contributed by atoms with Crippen LogP contribution in [0.4, 0.5) is 5.82 Å². The molecule has 3 rings (SSSR count). The van der Waals surface area contributed by atoms with Gasteiger partial charge in [0, 0.05) is 24.6 Å². The molecule has 2 aromatic carbocycles. The summed E-state index contributed by atoms with van der Waals surface area (Å²) in [5, 5.41) is 8.15. The third kappa shape index (κ3) is 5.98. The Labute approximate surface area is 194 Å². The Morgan fingerprint density at radius 3 is 2.44 bits per heavy atom. The standard InChI is InChI=1S/C25H29ClN4O2/c1-4-10-25(32)29(16-18(2)3)17-24(31)27-23-15-21(19-11-6-5-7-12-19)28-30(23)22-14-9-8-13-20(22)26/h5-9,11-15,18H,4,10,16-17H2,1-3H3,(H,27,31). The van der Waals surface area contributed by atoms with E-state index < -0.39 is 0 Å². The van der Waals surface area contributed by atoms with Crippen LogP contribution in [-0.4, -0.2) is 39.6 Å². The van der Waals surface area contributed by atoms with Crippen LogP contribution in [0.15, 0.2) is 60.7 Å². The normalized spacial score (nSPS) is 10.9. The van der Waals surface area contributed by atoms with Crippen molar-refractivity contribution in [2.75, 3.05) is 18.4 Å². The third-order valence-corrected chi connectivity index (χ3v) is 5.18. The van der Waals surface area contributed by atoms with Crippen molar-refractivity contribution < 1.29 is 9.59 Å². The maximum absolute atomic E-state index is 12.9. The molecule has 0 unspecified atom stereocenters. The molecule has 0 bridgehead atoms. The highest BCUT2D eigenvalue weighted by Gasteiger charge is 2.20. The van der Waals surface area contributed by atoms with E-state index in [1.807, 2.05) is 75.4 Å². The molecule has 7 heteroatoms. The minimum Gasteiger partial charge on any atom is -0.333 e. The molecule has 2 amide bonds. The first-order chi connectivity index (χ1) is 15.4. The zero-order chi connectivity index (χ0) is 23.1. The molecule has 0 spiro atoms. The highest BCUT2D eigenvalue weighted by molar-refractivity contribution is 6.32. The average molecular weight is 453 g/mol. The second-order valence-electron chi connectivity index (χ2n) is 8.11. The van der Waals surface area contributed by atoms with E-state index in [0.717, 1.165) is 12.0 Å². The second-order valence-corrected chi connectivity index (χ2v) is 8.52. The largest absolute Gasteiger partial charge is 0.333 e. The highest BCUT2D eigenvalue weighted by Crippen LogP contribution is 2.28. The molecular weight excluding hydrogens is 424 g/mol. The number of carbonyl (C=O) groups excluding carboxylic acids is 2. The van der Waals surface area contributed by atoms with Gasteiger partial charge >= 0.3 is 0 Å². The van der Waals surface area contributed by atoms with Crippen LogP contribution < -0.4 is 5.32 Å². The van der Waals surface area contributed by atoms with Crippen molar-refractivity contribution in [2.24, 2.45) is 5.92 Å². The number of anilines is 1. The molecule has 168 valence electrons. The molecule has 0 radical (unpaired) electrons. The smallest absolute Gasteiger partial charge is 0.245 e. The SMILES string of the molecule is CCCC(=O)N(CC(=O)Nc1cc(-c2ccccc2)nn1-c1ccccc1Cl)CC(C)C. The average Bonchev–Trinajstić information content (AvgIpc) is 3.17. The molecule has 0 aliphatic heterocycles. The third-order valence-electron chi connectivity index (χ3n) is 4.86. The van der Waals surface area contributed by atoms with Gasteiger partial charge in [0.05, 0.1) is 22.9 Å². The van der Waals surface area contributed by atoms with E-state index in [1.165, 1.54) is 0 Å². The molecule has 1 aromatic heterocycles. The summed E-state index contributed by atoms with van der Waals surface area (Å²) < 4.78 is 1.63. The molecule has 0 saturated carbocycles. The number of aromatic nitrogens is 2. The molecule has 0 aliphatic carbocycles. The minimum absolute atomic E-state index is 0.00855. The molecule has 0 aliphatic rings. The van der Waals surface area contributed by atoms with E-state index >= 15 is 0 Å². The highest BCUT2D eigenvalue weighted by atomic mass is 35.5. The lowest BCUT2D eigenvalue weighted by molar-refractivity contribution is -0.135. The summed E-state index contributed by atoms with van der Waals surface area (Å²) in [4.78, 5) is 27.1. The summed E-state index contributed by atoms with van der Waals surface area (Å²) in [6.07, 6.45) is 1.17. The van der Waals surface area contributed by atoms with Crippen molar-refractivity contribution in [1.29, 1.82) is 0 Å². The number of rotatable bonds is 9. The first kappa shape index (κ1) is 23.5. The first-order valence-electron chi connectivity index (χ1n) is 10.9. The van der Waals surface area contributed by atoms with Gasteiger partial charge in [-0.3, -0.25) is 9.59 Å². The predicted molar refractivity (Wildman–Crippen MR) is 129 cm³/mol. The van der Waals surface area contributed by atoms with Crippen LogP contribution in [0, 0.1) is 5.92 Å². The monoisotopic (exact) mass is 452 g/mol. The lowest BCUT2D eigenvalue weighted by Crippen LogP contribution is -2.40. The quantitative estimate of drug-likeness (QED) is 0.471. The van der Waals surface area contributed by atoms with Gasteiger partial charge < -0.3 is 10.2 Å². The van der Waals surface area contributed by atoms with E-state index in [9.17, 15) is 9.59 Å². The van der Waals surface area contributed by atoms with Crippen molar-refractivity contribution in [3.63, 3.8) is 0 Å². The molecule has 32 heavy (non-hydrogen) atoms. The van der Waals surface area contributed by atoms with Gasteiger partial charge in [0.2, 0.25) is 11.8 Å². The number of hydrogen-bond donors (Lipinski definition) is 1. The number of benzene rings is 2. The Morgan fingerprint density at radius 2 is 1.78 bits per heavy atom. The topological polar surface area (TPSA) is 67.2 Å². The van der Waals surface area contributed by atoms with Crippen molar-refractivity contribution in [3.05, 3.63) is 65.7 Å². The minimum atomic E-state index is -0.275. The molecule has 0 fully saturated rings. The molecular formula is C25H29ClN4O2. The first-order valence-corrected chi connectivity index (χ1v) is 11.2. The molecule has 1 heterocycles. The summed E-state index contributed by atoms with van der Waals surface area (Å²) in [5.41, 5.74) is 2.29. The second kappa shape index (κ2) is 11.0. The Hall–Kier alpha value is -3.12. The summed E-state index contributed by atoms with van der Waals surface area (Å²) in [5.74, 6) is 0.472. The molecule has 0 saturated heterocycles. The van der Waals surface area contributed by atoms with Crippen molar-refractivity contribution in [2.45, 2.75) is 33.6 Å². The van der Waals surface area contributed by atoms with Gasteiger partial charge in [-0.2, -0.15) is 5.10 Å². The Balaban J connectivity index is 1.90. The van der Waals surface area contributed by atoms with E-state index in [4.69, 9.17) is 16.7 Å². The fourth-order valence-electron chi connectivity index (χ4n) is 3.45. The summed E-state index contributed by atoms with van der Waals surface area (Å²) in [6.45, 7) is 6.54. The van der Waals surface area contributed by atoms with Crippen LogP contribution in [0.2, 0.25) is 5.02 Å². The van der Waals surface area contributed by atoms with Gasteiger partial charge in [-0.05, 0) is 24.5 Å². The Morgan fingerprint density at radius 1 is 1.09 bits per heavy atom. The van der Waals surface area contributed by atoms with Crippen LogP contribution in [0.5, 0.6) is 0 Å². The Bertz CT molecular complexity index is 1060. The molecule has 0 atom stereocenters. The van der Waals surface area contributed by atoms with Crippen LogP contribution in [0.1, 0.15) is 33.6 Å². The van der Waals surface area contributed by atoms with Gasteiger partial charge in [0.15, 0.2) is 0 Å². The van der Waals surface area contributed by atoms with E-state index in [1.54, 1.807) is 15.6 Å². The fourth-order valence-corrected chi connectivity index (χ4v) is 3.67. The van der Waals surface area contributed by atoms with E-state index in [0.29, 0.717) is 35.2 Å². The van der Waals surface area contributed by atoms with Crippen LogP contribution in [0.3, 0.4) is 0 Å². The van der Waals surface area contributed by atoms with Gasteiger partial charge in [-0.1, -0.05) is 74.8 Å². The maximum atomic E-state index is 12.9. The van der Waals surface area contributed by atoms with Gasteiger partial charge in [-0.25, -0.2) is 4.68 Å². The Kier molecular flexibility index (Phi) is 8.06. The van der Waals surface area contributed by atoms with Gasteiger partial charge in [0.25, 0.3) is 0 Å². The summed E-state index contributed by atoms with van der Waals surface area (Å²) in [7, 11) is 0. The molecule has 3 aromatic rings.